The first-order valence-corrected chi connectivity index (χ1v) is 12.6. The van der Waals surface area contributed by atoms with Crippen molar-refractivity contribution in [2.45, 2.75) is 49.2 Å². The van der Waals surface area contributed by atoms with Gasteiger partial charge < -0.3 is 10.2 Å². The molecule has 0 aromatic heterocycles. The maximum atomic E-state index is 12.7. The second kappa shape index (κ2) is 9.38. The van der Waals surface area contributed by atoms with Crippen molar-refractivity contribution in [1.82, 2.24) is 16.2 Å². The average molecular weight is 443 g/mol. The number of rotatable bonds is 6. The third-order valence-corrected chi connectivity index (χ3v) is 7.95. The van der Waals surface area contributed by atoms with Crippen LogP contribution in [0.1, 0.15) is 37.8 Å². The van der Waals surface area contributed by atoms with Crippen LogP contribution < -0.4 is 21.1 Å². The number of hydrogen-bond donors (Lipinski definition) is 3. The summed E-state index contributed by atoms with van der Waals surface area (Å²) in [5.41, 5.74) is 8.55. The van der Waals surface area contributed by atoms with Crippen molar-refractivity contribution in [2.24, 2.45) is 0 Å². The van der Waals surface area contributed by atoms with Crippen molar-refractivity contribution in [1.29, 1.82) is 0 Å². The van der Waals surface area contributed by atoms with E-state index in [-0.39, 0.29) is 29.8 Å². The second-order valence-corrected chi connectivity index (χ2v) is 10.5. The van der Waals surface area contributed by atoms with Gasteiger partial charge in [-0.3, -0.25) is 4.79 Å². The molecule has 0 spiro atoms. The van der Waals surface area contributed by atoms with Gasteiger partial charge in [-0.1, -0.05) is 37.3 Å². The Bertz CT molecular complexity index is 987. The molecule has 2 heterocycles. The first-order valence-electron chi connectivity index (χ1n) is 10.9. The van der Waals surface area contributed by atoms with Crippen molar-refractivity contribution in [2.75, 3.05) is 23.7 Å². The van der Waals surface area contributed by atoms with Crippen LogP contribution in [0.15, 0.2) is 59.5 Å². The molecule has 0 aliphatic carbocycles. The molecular weight excluding hydrogens is 412 g/mol. The Labute approximate surface area is 184 Å². The standard InChI is InChI=1S/C23H30N4O3S/c1-2-31(29,30)20-10-8-19(9-11-20)27-14-12-18(13-15-27)24-23(28)22-16-21(25-26-22)17-6-4-3-5-7-17/h3-11,18,21-22,25-26H,2,12-16H2,1H3,(H,24,28). The Kier molecular flexibility index (Phi) is 6.60. The van der Waals surface area contributed by atoms with Gasteiger partial charge in [-0.15, -0.1) is 0 Å². The molecule has 4 rings (SSSR count). The molecule has 2 atom stereocenters. The van der Waals surface area contributed by atoms with E-state index in [1.807, 2.05) is 30.3 Å². The molecular formula is C23H30N4O3S. The SMILES string of the molecule is CCS(=O)(=O)c1ccc(N2CCC(NC(=O)C3CC(c4ccccc4)NN3)CC2)cc1. The highest BCUT2D eigenvalue weighted by Crippen LogP contribution is 2.24. The van der Waals surface area contributed by atoms with Gasteiger partial charge in [-0.25, -0.2) is 19.3 Å². The van der Waals surface area contributed by atoms with Gasteiger partial charge in [-0.05, 0) is 49.1 Å². The molecule has 2 aromatic carbocycles. The van der Waals surface area contributed by atoms with Crippen LogP contribution in [0.2, 0.25) is 0 Å². The number of nitrogens with zero attached hydrogens (tertiary/aromatic N) is 1. The molecule has 31 heavy (non-hydrogen) atoms. The summed E-state index contributed by atoms with van der Waals surface area (Å²) in [6.45, 7) is 3.31. The van der Waals surface area contributed by atoms with Crippen LogP contribution in [0.4, 0.5) is 5.69 Å². The fourth-order valence-corrected chi connectivity index (χ4v) is 5.13. The maximum Gasteiger partial charge on any atom is 0.238 e. The minimum absolute atomic E-state index is 0.0403. The van der Waals surface area contributed by atoms with Crippen LogP contribution >= 0.6 is 0 Å². The van der Waals surface area contributed by atoms with E-state index in [2.05, 4.69) is 33.2 Å². The van der Waals surface area contributed by atoms with Gasteiger partial charge in [-0.2, -0.15) is 0 Å². The first-order chi connectivity index (χ1) is 15.0. The van der Waals surface area contributed by atoms with Crippen molar-refractivity contribution < 1.29 is 13.2 Å². The topological polar surface area (TPSA) is 90.5 Å². The molecule has 2 fully saturated rings. The van der Waals surface area contributed by atoms with Crippen molar-refractivity contribution in [3.8, 4) is 0 Å². The summed E-state index contributed by atoms with van der Waals surface area (Å²) >= 11 is 0. The van der Waals surface area contributed by atoms with Gasteiger partial charge in [0.1, 0.15) is 6.04 Å². The summed E-state index contributed by atoms with van der Waals surface area (Å²) in [5.74, 6) is 0.146. The van der Waals surface area contributed by atoms with E-state index in [1.54, 1.807) is 19.1 Å². The highest BCUT2D eigenvalue weighted by Gasteiger charge is 2.31. The fraction of sp³-hybridized carbons (Fsp3) is 0.435. The Morgan fingerprint density at radius 3 is 2.35 bits per heavy atom. The number of sulfone groups is 1. The molecule has 2 saturated heterocycles. The molecule has 7 nitrogen and oxygen atoms in total. The largest absolute Gasteiger partial charge is 0.371 e. The number of piperidine rings is 1. The molecule has 166 valence electrons. The summed E-state index contributed by atoms with van der Waals surface area (Å²) in [7, 11) is -3.17. The number of nitrogens with one attached hydrogen (secondary N) is 3. The van der Waals surface area contributed by atoms with E-state index in [0.717, 1.165) is 38.0 Å². The second-order valence-electron chi connectivity index (χ2n) is 8.21. The number of carbonyl (C=O) groups excluding carboxylic acids is 1. The molecule has 0 radical (unpaired) electrons. The molecule has 3 N–H and O–H groups in total. The van der Waals surface area contributed by atoms with Crippen LogP contribution in [0.5, 0.6) is 0 Å². The first kappa shape index (κ1) is 21.8. The van der Waals surface area contributed by atoms with Crippen LogP contribution in [-0.4, -0.2) is 45.3 Å². The predicted octanol–water partition coefficient (Wildman–Crippen LogP) is 2.17. The third kappa shape index (κ3) is 5.08. The van der Waals surface area contributed by atoms with Crippen LogP contribution in [0, 0.1) is 0 Å². The Morgan fingerprint density at radius 1 is 1.03 bits per heavy atom. The smallest absolute Gasteiger partial charge is 0.238 e. The number of amides is 1. The number of carbonyl (C=O) groups is 1. The molecule has 1 amide bonds. The summed E-state index contributed by atoms with van der Waals surface area (Å²) in [5, 5.41) is 3.19. The van der Waals surface area contributed by atoms with E-state index in [0.29, 0.717) is 4.90 Å². The van der Waals surface area contributed by atoms with Gasteiger partial charge >= 0.3 is 0 Å². The number of hydrogen-bond acceptors (Lipinski definition) is 6. The van der Waals surface area contributed by atoms with Gasteiger partial charge in [0.25, 0.3) is 0 Å². The lowest BCUT2D eigenvalue weighted by molar-refractivity contribution is -0.123. The monoisotopic (exact) mass is 442 g/mol. The minimum Gasteiger partial charge on any atom is -0.371 e. The number of anilines is 1. The highest BCUT2D eigenvalue weighted by molar-refractivity contribution is 7.91. The predicted molar refractivity (Wildman–Crippen MR) is 121 cm³/mol. The number of benzene rings is 2. The lowest BCUT2D eigenvalue weighted by Gasteiger charge is -2.34. The van der Waals surface area contributed by atoms with Gasteiger partial charge in [0.15, 0.2) is 9.84 Å². The molecule has 2 unspecified atom stereocenters. The van der Waals surface area contributed by atoms with Gasteiger partial charge in [0.05, 0.1) is 10.6 Å². The van der Waals surface area contributed by atoms with Gasteiger partial charge in [0, 0.05) is 30.9 Å². The van der Waals surface area contributed by atoms with Crippen molar-refractivity contribution in [3.05, 3.63) is 60.2 Å². The van der Waals surface area contributed by atoms with Gasteiger partial charge in [0.2, 0.25) is 5.91 Å². The van der Waals surface area contributed by atoms with E-state index in [4.69, 9.17) is 0 Å². The van der Waals surface area contributed by atoms with Crippen LogP contribution in [0.25, 0.3) is 0 Å². The molecule has 2 aliphatic heterocycles. The third-order valence-electron chi connectivity index (χ3n) is 6.20. The van der Waals surface area contributed by atoms with E-state index >= 15 is 0 Å². The Morgan fingerprint density at radius 2 is 1.71 bits per heavy atom. The lowest BCUT2D eigenvalue weighted by Crippen LogP contribution is -2.50. The van der Waals surface area contributed by atoms with Crippen molar-refractivity contribution in [3.63, 3.8) is 0 Å². The van der Waals surface area contributed by atoms with E-state index in [1.165, 1.54) is 5.56 Å². The molecule has 0 saturated carbocycles. The van der Waals surface area contributed by atoms with E-state index < -0.39 is 9.84 Å². The van der Waals surface area contributed by atoms with Crippen molar-refractivity contribution >= 4 is 21.4 Å². The minimum atomic E-state index is -3.17. The fourth-order valence-electron chi connectivity index (χ4n) is 4.25. The zero-order valence-corrected chi connectivity index (χ0v) is 18.6. The lowest BCUT2D eigenvalue weighted by atomic mass is 10.0. The molecule has 2 aromatic rings. The number of hydrazine groups is 1. The summed E-state index contributed by atoms with van der Waals surface area (Å²) in [6.07, 6.45) is 2.45. The zero-order valence-electron chi connectivity index (χ0n) is 17.8. The molecule has 2 aliphatic rings. The van der Waals surface area contributed by atoms with E-state index in [9.17, 15) is 13.2 Å². The zero-order chi connectivity index (χ0) is 21.8. The Hall–Kier alpha value is -2.42. The molecule has 8 heteroatoms. The Balaban J connectivity index is 1.26. The normalized spacial score (nSPS) is 22.4. The quantitative estimate of drug-likeness (QED) is 0.635. The average Bonchev–Trinajstić information content (AvgIpc) is 3.31. The van der Waals surface area contributed by atoms with Crippen LogP contribution in [-0.2, 0) is 14.6 Å². The summed E-state index contributed by atoms with van der Waals surface area (Å²) in [4.78, 5) is 15.3. The maximum absolute atomic E-state index is 12.7. The summed E-state index contributed by atoms with van der Waals surface area (Å²) < 4.78 is 24.0. The summed E-state index contributed by atoms with van der Waals surface area (Å²) in [6, 6.07) is 17.3. The molecule has 0 bridgehead atoms. The van der Waals surface area contributed by atoms with Crippen LogP contribution in [0.3, 0.4) is 0 Å². The highest BCUT2D eigenvalue weighted by atomic mass is 32.2.